The number of anilines is 1. The summed E-state index contributed by atoms with van der Waals surface area (Å²) in [6.45, 7) is 5.52. The summed E-state index contributed by atoms with van der Waals surface area (Å²) in [5.74, 6) is 0. The molecule has 4 heteroatoms. The largest absolute Gasteiger partial charge is 0.443 e. The van der Waals surface area contributed by atoms with Crippen LogP contribution in [0.15, 0.2) is 30.3 Å². The Labute approximate surface area is 132 Å². The third kappa shape index (κ3) is 3.59. The minimum absolute atomic E-state index is 0.442. The Bertz CT molecular complexity index is 549. The van der Waals surface area contributed by atoms with E-state index in [0.29, 0.717) is 12.8 Å². The molecule has 1 aromatic rings. The van der Waals surface area contributed by atoms with E-state index in [0.717, 1.165) is 24.9 Å². The number of nitrogens with zero attached hydrogens (tertiary/aromatic N) is 2. The van der Waals surface area contributed by atoms with Crippen LogP contribution >= 0.6 is 0 Å². The van der Waals surface area contributed by atoms with Gasteiger partial charge in [-0.1, -0.05) is 37.5 Å². The topological polar surface area (TPSA) is 53.3 Å². The van der Waals surface area contributed by atoms with Crippen LogP contribution in [0.2, 0.25) is 0 Å². The zero-order valence-electron chi connectivity index (χ0n) is 13.6. The van der Waals surface area contributed by atoms with Gasteiger partial charge in [-0.25, -0.2) is 4.79 Å². The lowest BCUT2D eigenvalue weighted by Gasteiger charge is -2.41. The van der Waals surface area contributed by atoms with Crippen molar-refractivity contribution in [3.63, 3.8) is 0 Å². The summed E-state index contributed by atoms with van der Waals surface area (Å²) >= 11 is 0. The van der Waals surface area contributed by atoms with Crippen molar-refractivity contribution < 1.29 is 9.53 Å². The van der Waals surface area contributed by atoms with Gasteiger partial charge in [0.05, 0.1) is 6.07 Å². The van der Waals surface area contributed by atoms with Gasteiger partial charge >= 0.3 is 6.09 Å². The first-order valence-electron chi connectivity index (χ1n) is 7.87. The van der Waals surface area contributed by atoms with Gasteiger partial charge in [0.2, 0.25) is 0 Å². The fourth-order valence-corrected chi connectivity index (χ4v) is 2.93. The number of carbonyl (C=O) groups excluding carboxylic acids is 1. The lowest BCUT2D eigenvalue weighted by Crippen LogP contribution is -2.54. The van der Waals surface area contributed by atoms with E-state index in [1.54, 1.807) is 4.90 Å². The Hall–Kier alpha value is -2.02. The first-order chi connectivity index (χ1) is 10.4. The molecule has 0 spiro atoms. The van der Waals surface area contributed by atoms with Gasteiger partial charge in [0, 0.05) is 5.69 Å². The van der Waals surface area contributed by atoms with Gasteiger partial charge in [0.1, 0.15) is 11.1 Å². The third-order valence-corrected chi connectivity index (χ3v) is 3.91. The van der Waals surface area contributed by atoms with Gasteiger partial charge in [0.25, 0.3) is 0 Å². The van der Waals surface area contributed by atoms with Crippen molar-refractivity contribution in [3.05, 3.63) is 30.3 Å². The fourth-order valence-electron chi connectivity index (χ4n) is 2.93. The van der Waals surface area contributed by atoms with E-state index in [1.165, 1.54) is 0 Å². The summed E-state index contributed by atoms with van der Waals surface area (Å²) in [5.41, 5.74) is -0.669. The Morgan fingerprint density at radius 1 is 1.18 bits per heavy atom. The summed E-state index contributed by atoms with van der Waals surface area (Å²) in [6, 6.07) is 11.8. The van der Waals surface area contributed by atoms with Crippen LogP contribution in [-0.4, -0.2) is 17.2 Å². The average Bonchev–Trinajstić information content (AvgIpc) is 2.47. The maximum Gasteiger partial charge on any atom is 0.416 e. The SMILES string of the molecule is CC(C)(C)OC(=O)N(c1ccccc1)C1(C#N)CCCCC1. The molecule has 22 heavy (non-hydrogen) atoms. The lowest BCUT2D eigenvalue weighted by atomic mass is 9.81. The summed E-state index contributed by atoms with van der Waals surface area (Å²) < 4.78 is 5.57. The van der Waals surface area contributed by atoms with E-state index in [1.807, 2.05) is 51.1 Å². The minimum Gasteiger partial charge on any atom is -0.443 e. The molecule has 0 aromatic heterocycles. The van der Waals surface area contributed by atoms with Crippen LogP contribution in [0.3, 0.4) is 0 Å². The minimum atomic E-state index is -0.804. The number of hydrogen-bond donors (Lipinski definition) is 0. The van der Waals surface area contributed by atoms with Gasteiger partial charge in [-0.3, -0.25) is 4.90 Å². The first kappa shape index (κ1) is 16.4. The Balaban J connectivity index is 2.41. The van der Waals surface area contributed by atoms with Crippen LogP contribution < -0.4 is 4.90 Å². The molecule has 0 saturated heterocycles. The van der Waals surface area contributed by atoms with E-state index in [9.17, 15) is 10.1 Å². The second-order valence-electron chi connectivity index (χ2n) is 6.86. The van der Waals surface area contributed by atoms with Gasteiger partial charge in [-0.2, -0.15) is 5.26 Å². The zero-order chi connectivity index (χ0) is 16.2. The van der Waals surface area contributed by atoms with E-state index < -0.39 is 17.2 Å². The van der Waals surface area contributed by atoms with E-state index in [4.69, 9.17) is 4.74 Å². The fraction of sp³-hybridized carbons (Fsp3) is 0.556. The van der Waals surface area contributed by atoms with Crippen LogP contribution in [0, 0.1) is 11.3 Å². The maximum absolute atomic E-state index is 12.8. The molecule has 0 N–H and O–H groups in total. The van der Waals surface area contributed by atoms with Crippen LogP contribution in [0.25, 0.3) is 0 Å². The summed E-state index contributed by atoms with van der Waals surface area (Å²) in [4.78, 5) is 14.3. The average molecular weight is 300 g/mol. The molecule has 118 valence electrons. The summed E-state index contributed by atoms with van der Waals surface area (Å²) in [5, 5.41) is 9.82. The molecule has 0 heterocycles. The molecule has 4 nitrogen and oxygen atoms in total. The van der Waals surface area contributed by atoms with Crippen LogP contribution in [0.5, 0.6) is 0 Å². The van der Waals surface area contributed by atoms with Gasteiger partial charge < -0.3 is 4.74 Å². The van der Waals surface area contributed by atoms with Crippen LogP contribution in [0.1, 0.15) is 52.9 Å². The Morgan fingerprint density at radius 2 is 1.77 bits per heavy atom. The van der Waals surface area contributed by atoms with Gasteiger partial charge in [-0.15, -0.1) is 0 Å². The van der Waals surface area contributed by atoms with Crippen molar-refractivity contribution in [1.29, 1.82) is 5.26 Å². The van der Waals surface area contributed by atoms with Crippen molar-refractivity contribution in [2.45, 2.75) is 64.0 Å². The van der Waals surface area contributed by atoms with E-state index in [2.05, 4.69) is 6.07 Å². The monoisotopic (exact) mass is 300 g/mol. The van der Waals surface area contributed by atoms with Gasteiger partial charge in [-0.05, 0) is 45.7 Å². The third-order valence-electron chi connectivity index (χ3n) is 3.91. The highest BCUT2D eigenvalue weighted by Gasteiger charge is 2.43. The molecule has 1 saturated carbocycles. The highest BCUT2D eigenvalue weighted by molar-refractivity contribution is 5.90. The van der Waals surface area contributed by atoms with Crippen molar-refractivity contribution >= 4 is 11.8 Å². The number of rotatable bonds is 2. The van der Waals surface area contributed by atoms with Gasteiger partial charge in [0.15, 0.2) is 0 Å². The molecule has 0 bridgehead atoms. The first-order valence-corrected chi connectivity index (χ1v) is 7.87. The number of amides is 1. The summed E-state index contributed by atoms with van der Waals surface area (Å²) in [6.07, 6.45) is 3.97. The smallest absolute Gasteiger partial charge is 0.416 e. The predicted octanol–water partition coefficient (Wildman–Crippen LogP) is 4.65. The molecule has 0 aliphatic heterocycles. The number of para-hydroxylation sites is 1. The molecule has 1 aliphatic carbocycles. The Morgan fingerprint density at radius 3 is 2.27 bits per heavy atom. The molecule has 0 atom stereocenters. The number of hydrogen-bond acceptors (Lipinski definition) is 3. The van der Waals surface area contributed by atoms with Crippen molar-refractivity contribution in [2.24, 2.45) is 0 Å². The number of benzene rings is 1. The number of ether oxygens (including phenoxy) is 1. The van der Waals surface area contributed by atoms with Crippen molar-refractivity contribution in [1.82, 2.24) is 0 Å². The molecule has 1 fully saturated rings. The molecule has 0 unspecified atom stereocenters. The molecule has 2 rings (SSSR count). The highest BCUT2D eigenvalue weighted by atomic mass is 16.6. The number of nitriles is 1. The normalized spacial score (nSPS) is 17.4. The maximum atomic E-state index is 12.8. The molecule has 0 radical (unpaired) electrons. The second kappa shape index (κ2) is 6.39. The van der Waals surface area contributed by atoms with Crippen LogP contribution in [0.4, 0.5) is 10.5 Å². The quantitative estimate of drug-likeness (QED) is 0.798. The molecule has 1 amide bonds. The van der Waals surface area contributed by atoms with E-state index >= 15 is 0 Å². The van der Waals surface area contributed by atoms with E-state index in [-0.39, 0.29) is 0 Å². The molecular weight excluding hydrogens is 276 g/mol. The Kier molecular flexibility index (Phi) is 4.75. The number of carbonyl (C=O) groups is 1. The molecule has 1 aromatic carbocycles. The lowest BCUT2D eigenvalue weighted by molar-refractivity contribution is 0.0538. The molecule has 1 aliphatic rings. The predicted molar refractivity (Wildman–Crippen MR) is 86.6 cm³/mol. The zero-order valence-corrected chi connectivity index (χ0v) is 13.6. The van der Waals surface area contributed by atoms with Crippen molar-refractivity contribution in [3.8, 4) is 6.07 Å². The second-order valence-corrected chi connectivity index (χ2v) is 6.86. The molecular formula is C18H24N2O2. The highest BCUT2D eigenvalue weighted by Crippen LogP contribution is 2.37. The van der Waals surface area contributed by atoms with Crippen LogP contribution in [-0.2, 0) is 4.74 Å². The standard InChI is InChI=1S/C18H24N2O2/c1-17(2,3)22-16(21)20(15-10-6-4-7-11-15)18(14-19)12-8-5-9-13-18/h4,6-7,10-11H,5,8-9,12-13H2,1-3H3. The summed E-state index contributed by atoms with van der Waals surface area (Å²) in [7, 11) is 0. The van der Waals surface area contributed by atoms with Crippen molar-refractivity contribution in [2.75, 3.05) is 4.90 Å².